The normalized spacial score (nSPS) is 31.3. The highest BCUT2D eigenvalue weighted by Crippen LogP contribution is 2.69. The highest BCUT2D eigenvalue weighted by atomic mass is 32.2. The third-order valence-corrected chi connectivity index (χ3v) is 11.1. The molecule has 3 heterocycles. The Morgan fingerprint density at radius 2 is 1.73 bits per heavy atom. The van der Waals surface area contributed by atoms with E-state index in [9.17, 15) is 24.5 Å². The standard InChI is InChI=1S/C26H21N3O6S2/c1-35-16-5-3-2-4-13(16)17-18-14-10-15(21(18)36-23-22(17)37-26(32)27-23)20-19(14)24(30)28(25(20)31)11-6-8-12(9-7-11)29(33)34/h2-9,14-15,17-21H,10H2,1H3,(H,27,32)/t14-,15+,17-,18-,19+,20+,21-/m1/s1. The Morgan fingerprint density at radius 1 is 1.03 bits per heavy atom. The number of aromatic amines is 1. The lowest BCUT2D eigenvalue weighted by atomic mass is 9.68. The van der Waals surface area contributed by atoms with Gasteiger partial charge in [0.25, 0.3) is 5.69 Å². The first-order valence-corrected chi connectivity index (χ1v) is 13.7. The summed E-state index contributed by atoms with van der Waals surface area (Å²) in [5, 5.41) is 12.0. The summed E-state index contributed by atoms with van der Waals surface area (Å²) in [6.07, 6.45) is 0.786. The van der Waals surface area contributed by atoms with Crippen LogP contribution >= 0.6 is 23.1 Å². The van der Waals surface area contributed by atoms with Gasteiger partial charge in [-0.3, -0.25) is 29.4 Å². The van der Waals surface area contributed by atoms with Crippen LogP contribution in [0.4, 0.5) is 11.4 Å². The van der Waals surface area contributed by atoms with Crippen molar-refractivity contribution in [3.8, 4) is 5.75 Å². The number of benzene rings is 2. The Balaban J connectivity index is 1.31. The highest BCUT2D eigenvalue weighted by Gasteiger charge is 2.69. The summed E-state index contributed by atoms with van der Waals surface area (Å²) < 4.78 is 5.71. The quantitative estimate of drug-likeness (QED) is 0.304. The van der Waals surface area contributed by atoms with Gasteiger partial charge in [-0.25, -0.2) is 0 Å². The van der Waals surface area contributed by atoms with E-state index in [0.29, 0.717) is 5.69 Å². The van der Waals surface area contributed by atoms with Gasteiger partial charge in [-0.2, -0.15) is 0 Å². The second-order valence-corrected chi connectivity index (χ2v) is 12.2. The number of nitrogens with one attached hydrogen (secondary N) is 1. The number of nitro groups is 1. The van der Waals surface area contributed by atoms with Gasteiger partial charge in [-0.15, -0.1) is 11.8 Å². The highest BCUT2D eigenvalue weighted by molar-refractivity contribution is 8.00. The van der Waals surface area contributed by atoms with Crippen molar-refractivity contribution >= 4 is 46.3 Å². The maximum Gasteiger partial charge on any atom is 0.305 e. The fourth-order valence-corrected chi connectivity index (χ4v) is 10.1. The van der Waals surface area contributed by atoms with Crippen LogP contribution in [0.1, 0.15) is 22.8 Å². The molecule has 7 atom stereocenters. The number of H-pyrrole nitrogens is 1. The van der Waals surface area contributed by atoms with Gasteiger partial charge in [0.15, 0.2) is 0 Å². The molecule has 11 heteroatoms. The van der Waals surface area contributed by atoms with Crippen molar-refractivity contribution in [2.45, 2.75) is 22.6 Å². The SMILES string of the molecule is COc1ccccc1[C@H]1c2sc(=O)[nH]c2S[C@@H]2[C@H]3C[C@@H]([C@@H]4C(=O)N(c5ccc([N+](=O)[O-])cc5)C(=O)[C@@H]34)[C@H]12. The number of aromatic nitrogens is 1. The number of nitrogens with zero attached hydrogens (tertiary/aromatic N) is 2. The molecule has 2 bridgehead atoms. The maximum absolute atomic E-state index is 13.8. The molecule has 1 saturated heterocycles. The van der Waals surface area contributed by atoms with Gasteiger partial charge >= 0.3 is 4.87 Å². The van der Waals surface area contributed by atoms with Gasteiger partial charge in [0, 0.05) is 33.7 Å². The lowest BCUT2D eigenvalue weighted by molar-refractivity contribution is -0.384. The molecule has 1 N–H and O–H groups in total. The van der Waals surface area contributed by atoms with Gasteiger partial charge in [0.05, 0.1) is 34.6 Å². The van der Waals surface area contributed by atoms with Gasteiger partial charge in [-0.05, 0) is 42.4 Å². The van der Waals surface area contributed by atoms with Crippen molar-refractivity contribution in [3.63, 3.8) is 0 Å². The van der Waals surface area contributed by atoms with Crippen LogP contribution in [0.15, 0.2) is 58.4 Å². The van der Waals surface area contributed by atoms with E-state index in [4.69, 9.17) is 4.74 Å². The van der Waals surface area contributed by atoms with Crippen molar-refractivity contribution in [1.29, 1.82) is 0 Å². The van der Waals surface area contributed by atoms with Gasteiger partial charge < -0.3 is 9.72 Å². The maximum atomic E-state index is 13.8. The van der Waals surface area contributed by atoms with Crippen LogP contribution < -0.4 is 14.5 Å². The van der Waals surface area contributed by atoms with Crippen LogP contribution in [0.3, 0.4) is 0 Å². The number of imide groups is 1. The molecule has 3 aromatic rings. The molecule has 1 aromatic heterocycles. The lowest BCUT2D eigenvalue weighted by Crippen LogP contribution is -2.42. The third kappa shape index (κ3) is 3.07. The minimum absolute atomic E-state index is 0.00161. The predicted octanol–water partition coefficient (Wildman–Crippen LogP) is 4.03. The summed E-state index contributed by atoms with van der Waals surface area (Å²) in [5.74, 6) is -0.652. The molecule has 9 nitrogen and oxygen atoms in total. The van der Waals surface area contributed by atoms with Gasteiger partial charge in [0.1, 0.15) is 5.75 Å². The summed E-state index contributed by atoms with van der Waals surface area (Å²) in [6.45, 7) is 0. The second-order valence-electron chi connectivity index (χ2n) is 9.99. The number of rotatable bonds is 4. The molecule has 7 rings (SSSR count). The average Bonchev–Trinajstić information content (AvgIpc) is 3.63. The number of thioether (sulfide) groups is 1. The smallest absolute Gasteiger partial charge is 0.305 e. The summed E-state index contributed by atoms with van der Waals surface area (Å²) in [7, 11) is 1.63. The Labute approximate surface area is 219 Å². The zero-order valence-electron chi connectivity index (χ0n) is 19.5. The lowest BCUT2D eigenvalue weighted by Gasteiger charge is -2.43. The number of para-hydroxylation sites is 1. The van der Waals surface area contributed by atoms with E-state index in [2.05, 4.69) is 4.98 Å². The number of non-ortho nitro benzene ring substituents is 1. The van der Waals surface area contributed by atoms with Crippen molar-refractivity contribution < 1.29 is 19.2 Å². The van der Waals surface area contributed by atoms with E-state index >= 15 is 0 Å². The first-order valence-electron chi connectivity index (χ1n) is 12.0. The molecule has 0 unspecified atom stereocenters. The topological polar surface area (TPSA) is 123 Å². The average molecular weight is 536 g/mol. The molecule has 37 heavy (non-hydrogen) atoms. The summed E-state index contributed by atoms with van der Waals surface area (Å²) >= 11 is 2.85. The van der Waals surface area contributed by atoms with E-state index in [-0.39, 0.29) is 51.3 Å². The van der Waals surface area contributed by atoms with E-state index in [0.717, 1.165) is 27.6 Å². The summed E-state index contributed by atoms with van der Waals surface area (Å²) in [6, 6.07) is 13.4. The number of thiazole rings is 1. The molecule has 3 fully saturated rings. The van der Waals surface area contributed by atoms with Crippen LogP contribution in [-0.2, 0) is 9.59 Å². The van der Waals surface area contributed by atoms with Gasteiger partial charge in [-0.1, -0.05) is 29.5 Å². The number of carbonyl (C=O) groups is 2. The van der Waals surface area contributed by atoms with Crippen LogP contribution in [0.25, 0.3) is 0 Å². The van der Waals surface area contributed by atoms with E-state index in [1.165, 1.54) is 40.5 Å². The van der Waals surface area contributed by atoms with Crippen molar-refractivity contribution in [3.05, 3.63) is 78.8 Å². The van der Waals surface area contributed by atoms with Crippen LogP contribution in [-0.4, -0.2) is 34.1 Å². The number of hydrogen-bond donors (Lipinski definition) is 1. The Bertz CT molecular complexity index is 1530. The van der Waals surface area contributed by atoms with Crippen LogP contribution in [0, 0.1) is 39.7 Å². The Kier molecular flexibility index (Phi) is 4.93. The monoisotopic (exact) mass is 535 g/mol. The second kappa shape index (κ2) is 8.03. The number of hydrogen-bond acceptors (Lipinski definition) is 8. The summed E-state index contributed by atoms with van der Waals surface area (Å²) in [5.41, 5.74) is 1.27. The number of fused-ring (bicyclic) bond motifs is 9. The minimum Gasteiger partial charge on any atom is -0.496 e. The molecule has 0 spiro atoms. The van der Waals surface area contributed by atoms with E-state index in [1.807, 2.05) is 24.3 Å². The van der Waals surface area contributed by atoms with Crippen molar-refractivity contribution in [1.82, 2.24) is 4.98 Å². The van der Waals surface area contributed by atoms with E-state index < -0.39 is 16.8 Å². The first-order chi connectivity index (χ1) is 17.9. The van der Waals surface area contributed by atoms with Gasteiger partial charge in [0.2, 0.25) is 11.8 Å². The Morgan fingerprint density at radius 3 is 2.43 bits per heavy atom. The number of carbonyl (C=O) groups excluding carboxylic acids is 2. The van der Waals surface area contributed by atoms with Crippen molar-refractivity contribution in [2.24, 2.45) is 29.6 Å². The fraction of sp³-hybridized carbons (Fsp3) is 0.346. The largest absolute Gasteiger partial charge is 0.496 e. The predicted molar refractivity (Wildman–Crippen MR) is 137 cm³/mol. The van der Waals surface area contributed by atoms with Crippen LogP contribution in [0.5, 0.6) is 5.75 Å². The Hall–Kier alpha value is -3.44. The third-order valence-electron chi connectivity index (χ3n) is 8.52. The summed E-state index contributed by atoms with van der Waals surface area (Å²) in [4.78, 5) is 55.5. The number of ether oxygens (including phenoxy) is 1. The number of nitro benzene ring substituents is 1. The molecular weight excluding hydrogens is 514 g/mol. The number of anilines is 1. The molecular formula is C26H21N3O6S2. The molecule has 188 valence electrons. The molecule has 0 radical (unpaired) electrons. The minimum atomic E-state index is -0.505. The molecule has 4 aliphatic rings. The van der Waals surface area contributed by atoms with Crippen LogP contribution in [0.2, 0.25) is 0 Å². The van der Waals surface area contributed by atoms with E-state index in [1.54, 1.807) is 18.9 Å². The molecule has 2 aliphatic heterocycles. The molecule has 2 amide bonds. The molecule has 2 saturated carbocycles. The zero-order valence-corrected chi connectivity index (χ0v) is 21.2. The number of amides is 2. The molecule has 2 aliphatic carbocycles. The first kappa shape index (κ1) is 22.7. The fourth-order valence-electron chi connectivity index (χ4n) is 7.27. The molecule has 2 aromatic carbocycles. The number of methoxy groups -OCH3 is 1. The van der Waals surface area contributed by atoms with Crippen molar-refractivity contribution in [2.75, 3.05) is 12.0 Å². The zero-order chi connectivity index (χ0) is 25.6.